The van der Waals surface area contributed by atoms with Gasteiger partial charge in [-0.05, 0) is 63.3 Å². The first kappa shape index (κ1) is 17.8. The van der Waals surface area contributed by atoms with E-state index in [0.717, 1.165) is 36.6 Å². The Hall–Kier alpha value is -1.56. The number of aryl methyl sites for hydroxylation is 2. The molecule has 0 N–H and O–H groups in total. The van der Waals surface area contributed by atoms with Gasteiger partial charge in [0.15, 0.2) is 0 Å². The van der Waals surface area contributed by atoms with Gasteiger partial charge in [0.2, 0.25) is 15.9 Å². The average Bonchev–Trinajstić information content (AvgIpc) is 2.45. The molecule has 0 bridgehead atoms. The van der Waals surface area contributed by atoms with E-state index in [-0.39, 0.29) is 5.91 Å². The zero-order valence-electron chi connectivity index (χ0n) is 14.4. The van der Waals surface area contributed by atoms with E-state index < -0.39 is 16.1 Å². The van der Waals surface area contributed by atoms with Crippen LogP contribution in [0.1, 0.15) is 37.3 Å². The average molecular weight is 338 g/mol. The predicted molar refractivity (Wildman–Crippen MR) is 93.1 cm³/mol. The van der Waals surface area contributed by atoms with Gasteiger partial charge in [0.1, 0.15) is 6.04 Å². The lowest BCUT2D eigenvalue weighted by Crippen LogP contribution is -2.50. The number of likely N-dealkylation sites (tertiary alicyclic amines) is 1. The Morgan fingerprint density at radius 3 is 2.09 bits per heavy atom. The van der Waals surface area contributed by atoms with E-state index in [1.165, 1.54) is 4.31 Å². The summed E-state index contributed by atoms with van der Waals surface area (Å²) in [6, 6.07) is 4.88. The Balaban J connectivity index is 2.36. The number of sulfonamides is 1. The molecule has 1 aromatic carbocycles. The Morgan fingerprint density at radius 2 is 1.61 bits per heavy atom. The van der Waals surface area contributed by atoms with Crippen molar-refractivity contribution in [3.8, 4) is 0 Å². The van der Waals surface area contributed by atoms with Crippen LogP contribution in [0.4, 0.5) is 5.69 Å². The van der Waals surface area contributed by atoms with Crippen molar-refractivity contribution in [2.75, 3.05) is 23.7 Å². The third-order valence-electron chi connectivity index (χ3n) is 4.20. The first-order chi connectivity index (χ1) is 10.7. The highest BCUT2D eigenvalue weighted by molar-refractivity contribution is 7.92. The zero-order valence-corrected chi connectivity index (χ0v) is 15.2. The molecule has 1 fully saturated rings. The van der Waals surface area contributed by atoms with Gasteiger partial charge in [0.05, 0.1) is 11.9 Å². The maximum absolute atomic E-state index is 12.7. The summed E-state index contributed by atoms with van der Waals surface area (Å²) in [6.07, 6.45) is 4.26. The van der Waals surface area contributed by atoms with E-state index in [9.17, 15) is 13.2 Å². The molecule has 5 nitrogen and oxygen atoms in total. The van der Waals surface area contributed by atoms with Crippen molar-refractivity contribution < 1.29 is 13.2 Å². The molecule has 0 aliphatic carbocycles. The number of rotatable bonds is 4. The van der Waals surface area contributed by atoms with Crippen molar-refractivity contribution in [1.29, 1.82) is 0 Å². The third-order valence-corrected chi connectivity index (χ3v) is 5.44. The largest absolute Gasteiger partial charge is 0.341 e. The molecule has 23 heavy (non-hydrogen) atoms. The van der Waals surface area contributed by atoms with Crippen molar-refractivity contribution in [2.24, 2.45) is 0 Å². The summed E-state index contributed by atoms with van der Waals surface area (Å²) < 4.78 is 25.9. The molecule has 128 valence electrons. The normalized spacial score (nSPS) is 17.0. The van der Waals surface area contributed by atoms with Gasteiger partial charge in [0.25, 0.3) is 0 Å². The first-order valence-electron chi connectivity index (χ1n) is 8.06. The van der Waals surface area contributed by atoms with Crippen LogP contribution in [0.25, 0.3) is 0 Å². The van der Waals surface area contributed by atoms with Gasteiger partial charge >= 0.3 is 0 Å². The third kappa shape index (κ3) is 4.25. The molecule has 0 saturated carbocycles. The maximum Gasteiger partial charge on any atom is 0.246 e. The smallest absolute Gasteiger partial charge is 0.246 e. The standard InChI is InChI=1S/C17H26N2O3S/c1-13-10-14(2)12-16(11-13)19(23(4,21)22)15(3)17(20)18-8-6-5-7-9-18/h10-12,15H,5-9H2,1-4H3/t15-/m0/s1. The van der Waals surface area contributed by atoms with Crippen molar-refractivity contribution in [1.82, 2.24) is 4.90 Å². The van der Waals surface area contributed by atoms with E-state index in [2.05, 4.69) is 0 Å². The molecule has 1 atom stereocenters. The summed E-state index contributed by atoms with van der Waals surface area (Å²) in [5.41, 5.74) is 2.51. The molecule has 1 aliphatic rings. The summed E-state index contributed by atoms with van der Waals surface area (Å²) >= 11 is 0. The fraction of sp³-hybridized carbons (Fsp3) is 0.588. The Kier molecular flexibility index (Phi) is 5.34. The molecule has 1 amide bonds. The number of hydrogen-bond donors (Lipinski definition) is 0. The minimum atomic E-state index is -3.55. The number of benzene rings is 1. The van der Waals surface area contributed by atoms with Crippen molar-refractivity contribution in [2.45, 2.75) is 46.1 Å². The number of amides is 1. The SMILES string of the molecule is Cc1cc(C)cc(N([C@@H](C)C(=O)N2CCCCC2)S(C)(=O)=O)c1. The Morgan fingerprint density at radius 1 is 1.09 bits per heavy atom. The molecule has 0 radical (unpaired) electrons. The molecule has 1 saturated heterocycles. The first-order valence-corrected chi connectivity index (χ1v) is 9.91. The quantitative estimate of drug-likeness (QED) is 0.847. The highest BCUT2D eigenvalue weighted by atomic mass is 32.2. The summed E-state index contributed by atoms with van der Waals surface area (Å²) in [7, 11) is -3.55. The van der Waals surface area contributed by atoms with Crippen LogP contribution < -0.4 is 4.31 Å². The lowest BCUT2D eigenvalue weighted by Gasteiger charge is -2.34. The second-order valence-electron chi connectivity index (χ2n) is 6.47. The maximum atomic E-state index is 12.7. The van der Waals surface area contributed by atoms with Crippen LogP contribution in [0, 0.1) is 13.8 Å². The van der Waals surface area contributed by atoms with Gasteiger partial charge in [0, 0.05) is 13.1 Å². The van der Waals surface area contributed by atoms with Crippen LogP contribution in [0.15, 0.2) is 18.2 Å². The van der Waals surface area contributed by atoms with E-state index in [1.54, 1.807) is 11.8 Å². The van der Waals surface area contributed by atoms with E-state index in [1.807, 2.05) is 32.0 Å². The summed E-state index contributed by atoms with van der Waals surface area (Å²) in [6.45, 7) is 6.96. The fourth-order valence-electron chi connectivity index (χ4n) is 3.26. The summed E-state index contributed by atoms with van der Waals surface area (Å²) in [5.74, 6) is -0.116. The van der Waals surface area contributed by atoms with E-state index in [4.69, 9.17) is 0 Å². The van der Waals surface area contributed by atoms with Crippen LogP contribution in [-0.2, 0) is 14.8 Å². The van der Waals surface area contributed by atoms with Gasteiger partial charge < -0.3 is 4.90 Å². The minimum Gasteiger partial charge on any atom is -0.341 e. The summed E-state index contributed by atoms with van der Waals surface area (Å²) in [4.78, 5) is 14.5. The molecule has 0 aromatic heterocycles. The molecular formula is C17H26N2O3S. The highest BCUT2D eigenvalue weighted by Gasteiger charge is 2.32. The lowest BCUT2D eigenvalue weighted by atomic mass is 10.1. The number of carbonyl (C=O) groups is 1. The van der Waals surface area contributed by atoms with Gasteiger partial charge in [-0.2, -0.15) is 0 Å². The van der Waals surface area contributed by atoms with Crippen LogP contribution in [0.2, 0.25) is 0 Å². The highest BCUT2D eigenvalue weighted by Crippen LogP contribution is 2.25. The molecule has 0 spiro atoms. The monoisotopic (exact) mass is 338 g/mol. The molecule has 6 heteroatoms. The van der Waals surface area contributed by atoms with Crippen molar-refractivity contribution >= 4 is 21.6 Å². The number of carbonyl (C=O) groups excluding carboxylic acids is 1. The number of hydrogen-bond acceptors (Lipinski definition) is 3. The Labute approximate surface area is 139 Å². The molecular weight excluding hydrogens is 312 g/mol. The molecule has 0 unspecified atom stereocenters. The van der Waals surface area contributed by atoms with Gasteiger partial charge in [-0.25, -0.2) is 8.42 Å². The van der Waals surface area contributed by atoms with Crippen molar-refractivity contribution in [3.63, 3.8) is 0 Å². The van der Waals surface area contributed by atoms with Crippen molar-refractivity contribution in [3.05, 3.63) is 29.3 Å². The lowest BCUT2D eigenvalue weighted by molar-refractivity contribution is -0.132. The van der Waals surface area contributed by atoms with E-state index in [0.29, 0.717) is 18.8 Å². The number of piperidine rings is 1. The molecule has 1 aromatic rings. The molecule has 1 heterocycles. The van der Waals surface area contributed by atoms with Gasteiger partial charge in [-0.3, -0.25) is 9.10 Å². The summed E-state index contributed by atoms with van der Waals surface area (Å²) in [5, 5.41) is 0. The molecule has 2 rings (SSSR count). The second kappa shape index (κ2) is 6.91. The minimum absolute atomic E-state index is 0.116. The fourth-order valence-corrected chi connectivity index (χ4v) is 4.41. The van der Waals surface area contributed by atoms with Gasteiger partial charge in [-0.1, -0.05) is 6.07 Å². The topological polar surface area (TPSA) is 57.7 Å². The van der Waals surface area contributed by atoms with Crippen LogP contribution in [0.5, 0.6) is 0 Å². The predicted octanol–water partition coefficient (Wildman–Crippen LogP) is 2.47. The van der Waals surface area contributed by atoms with E-state index >= 15 is 0 Å². The van der Waals surface area contributed by atoms with Crippen LogP contribution in [-0.4, -0.2) is 44.6 Å². The number of anilines is 1. The van der Waals surface area contributed by atoms with Crippen LogP contribution >= 0.6 is 0 Å². The Bertz CT molecular complexity index is 659. The van der Waals surface area contributed by atoms with Crippen LogP contribution in [0.3, 0.4) is 0 Å². The zero-order chi connectivity index (χ0) is 17.2. The molecule has 1 aliphatic heterocycles. The number of nitrogens with zero attached hydrogens (tertiary/aromatic N) is 2. The van der Waals surface area contributed by atoms with Gasteiger partial charge in [-0.15, -0.1) is 0 Å². The second-order valence-corrected chi connectivity index (χ2v) is 8.33.